The first-order valence-corrected chi connectivity index (χ1v) is 11.5. The molecule has 0 atom stereocenters. The Morgan fingerprint density at radius 1 is 1.10 bits per heavy atom. The van der Waals surface area contributed by atoms with Gasteiger partial charge in [0.2, 0.25) is 5.91 Å². The molecule has 158 valence electrons. The first kappa shape index (κ1) is 22.1. The van der Waals surface area contributed by atoms with Crippen LogP contribution in [-0.4, -0.2) is 32.2 Å². The van der Waals surface area contributed by atoms with Crippen LogP contribution in [0.15, 0.2) is 64.5 Å². The smallest absolute Gasteiger partial charge is 0.262 e. The third-order valence-electron chi connectivity index (χ3n) is 5.03. The van der Waals surface area contributed by atoms with Crippen molar-refractivity contribution in [3.63, 3.8) is 0 Å². The van der Waals surface area contributed by atoms with Gasteiger partial charge in [-0.2, -0.15) is 0 Å². The van der Waals surface area contributed by atoms with Crippen LogP contribution in [0.25, 0.3) is 10.9 Å². The lowest BCUT2D eigenvalue weighted by molar-refractivity contribution is -0.130. The molecular weight excluding hydrogens is 394 g/mol. The van der Waals surface area contributed by atoms with Gasteiger partial charge in [-0.3, -0.25) is 14.2 Å². The number of fused-ring (bicyclic) bond motifs is 1. The number of hydrogen-bond donors (Lipinski definition) is 0. The maximum atomic E-state index is 13.0. The Morgan fingerprint density at radius 3 is 2.50 bits per heavy atom. The van der Waals surface area contributed by atoms with Crippen molar-refractivity contribution in [2.24, 2.45) is 0 Å². The summed E-state index contributed by atoms with van der Waals surface area (Å²) in [5.41, 5.74) is 1.75. The van der Waals surface area contributed by atoms with E-state index in [2.05, 4.69) is 6.92 Å². The van der Waals surface area contributed by atoms with Crippen molar-refractivity contribution >= 4 is 28.6 Å². The molecule has 0 aliphatic heterocycles. The summed E-state index contributed by atoms with van der Waals surface area (Å²) in [6.07, 6.45) is 1.88. The van der Waals surface area contributed by atoms with Crippen LogP contribution in [0.1, 0.15) is 39.2 Å². The van der Waals surface area contributed by atoms with Gasteiger partial charge < -0.3 is 4.90 Å². The molecule has 5 nitrogen and oxygen atoms in total. The highest BCUT2D eigenvalue weighted by atomic mass is 32.2. The molecule has 0 aliphatic rings. The van der Waals surface area contributed by atoms with E-state index in [9.17, 15) is 9.59 Å². The number of nitrogens with zero attached hydrogens (tertiary/aromatic N) is 3. The van der Waals surface area contributed by atoms with Gasteiger partial charge >= 0.3 is 0 Å². The fourth-order valence-electron chi connectivity index (χ4n) is 3.32. The van der Waals surface area contributed by atoms with Crippen LogP contribution in [0.4, 0.5) is 0 Å². The van der Waals surface area contributed by atoms with Crippen molar-refractivity contribution in [1.29, 1.82) is 0 Å². The van der Waals surface area contributed by atoms with Crippen LogP contribution in [-0.2, 0) is 17.9 Å². The van der Waals surface area contributed by atoms with Crippen LogP contribution < -0.4 is 5.56 Å². The standard InChI is InChI=1S/C24H29N3O2S/c1-4-5-15-26-23(29)20-13-9-10-14-21(20)25-24(26)30-17-22(28)27(18(2)3)16-19-11-7-6-8-12-19/h6-14,18H,4-5,15-17H2,1-3H3. The number of rotatable bonds is 9. The molecule has 3 rings (SSSR count). The van der Waals surface area contributed by atoms with Crippen LogP contribution in [0, 0.1) is 0 Å². The molecule has 0 N–H and O–H groups in total. The molecule has 0 bridgehead atoms. The molecule has 0 saturated heterocycles. The normalized spacial score (nSPS) is 11.2. The van der Waals surface area contributed by atoms with E-state index in [-0.39, 0.29) is 23.3 Å². The minimum absolute atomic E-state index is 0.0333. The van der Waals surface area contributed by atoms with Gasteiger partial charge in [0.15, 0.2) is 5.16 Å². The lowest BCUT2D eigenvalue weighted by atomic mass is 10.2. The van der Waals surface area contributed by atoms with E-state index in [4.69, 9.17) is 4.98 Å². The molecule has 6 heteroatoms. The van der Waals surface area contributed by atoms with E-state index in [1.54, 1.807) is 4.57 Å². The van der Waals surface area contributed by atoms with Crippen molar-refractivity contribution in [1.82, 2.24) is 14.5 Å². The quantitative estimate of drug-likeness (QED) is 0.369. The zero-order valence-electron chi connectivity index (χ0n) is 17.9. The average Bonchev–Trinajstić information content (AvgIpc) is 2.76. The number of unbranched alkanes of at least 4 members (excludes halogenated alkanes) is 1. The maximum Gasteiger partial charge on any atom is 0.262 e. The van der Waals surface area contributed by atoms with Crippen molar-refractivity contribution in [3.05, 3.63) is 70.5 Å². The van der Waals surface area contributed by atoms with E-state index in [0.29, 0.717) is 29.1 Å². The van der Waals surface area contributed by atoms with Gasteiger partial charge in [0.05, 0.1) is 16.7 Å². The third kappa shape index (κ3) is 5.30. The van der Waals surface area contributed by atoms with Gasteiger partial charge in [-0.05, 0) is 38.0 Å². The summed E-state index contributed by atoms with van der Waals surface area (Å²) in [4.78, 5) is 32.6. The van der Waals surface area contributed by atoms with Crippen molar-refractivity contribution in [2.45, 2.75) is 57.9 Å². The molecule has 0 spiro atoms. The third-order valence-corrected chi connectivity index (χ3v) is 5.99. The zero-order chi connectivity index (χ0) is 21.5. The summed E-state index contributed by atoms with van der Waals surface area (Å²) in [7, 11) is 0. The second-order valence-electron chi connectivity index (χ2n) is 7.61. The van der Waals surface area contributed by atoms with Gasteiger partial charge in [0.1, 0.15) is 0 Å². The number of carbonyl (C=O) groups excluding carboxylic acids is 1. The predicted molar refractivity (Wildman–Crippen MR) is 124 cm³/mol. The maximum absolute atomic E-state index is 13.0. The summed E-state index contributed by atoms with van der Waals surface area (Å²) >= 11 is 1.35. The minimum Gasteiger partial charge on any atom is -0.335 e. The second kappa shape index (κ2) is 10.4. The molecular formula is C24H29N3O2S. The monoisotopic (exact) mass is 423 g/mol. The van der Waals surface area contributed by atoms with Gasteiger partial charge in [0.25, 0.3) is 5.56 Å². The molecule has 2 aromatic carbocycles. The summed E-state index contributed by atoms with van der Waals surface area (Å²) in [5, 5.41) is 1.24. The van der Waals surface area contributed by atoms with Crippen molar-refractivity contribution in [3.8, 4) is 0 Å². The number of benzene rings is 2. The first-order valence-electron chi connectivity index (χ1n) is 10.5. The Balaban J connectivity index is 1.82. The highest BCUT2D eigenvalue weighted by Crippen LogP contribution is 2.20. The van der Waals surface area contributed by atoms with Crippen LogP contribution in [0.3, 0.4) is 0 Å². The zero-order valence-corrected chi connectivity index (χ0v) is 18.7. The lowest BCUT2D eigenvalue weighted by Gasteiger charge is -2.27. The molecule has 0 unspecified atom stereocenters. The highest BCUT2D eigenvalue weighted by molar-refractivity contribution is 7.99. The van der Waals surface area contributed by atoms with Crippen molar-refractivity contribution < 1.29 is 4.79 Å². The predicted octanol–water partition coefficient (Wildman–Crippen LogP) is 4.73. The van der Waals surface area contributed by atoms with Gasteiger partial charge in [0, 0.05) is 19.1 Å². The Hall–Kier alpha value is -2.60. The van der Waals surface area contributed by atoms with Gasteiger partial charge in [-0.15, -0.1) is 0 Å². The second-order valence-corrected chi connectivity index (χ2v) is 8.55. The van der Waals surface area contributed by atoms with Crippen LogP contribution in [0.2, 0.25) is 0 Å². The average molecular weight is 424 g/mol. The molecule has 1 heterocycles. The molecule has 3 aromatic rings. The van der Waals surface area contributed by atoms with Crippen molar-refractivity contribution in [2.75, 3.05) is 5.75 Å². The molecule has 30 heavy (non-hydrogen) atoms. The summed E-state index contributed by atoms with van der Waals surface area (Å²) in [5.74, 6) is 0.297. The number of carbonyl (C=O) groups is 1. The molecule has 1 amide bonds. The van der Waals surface area contributed by atoms with E-state index in [1.165, 1.54) is 11.8 Å². The number of amides is 1. The van der Waals surface area contributed by atoms with E-state index < -0.39 is 0 Å². The number of hydrogen-bond acceptors (Lipinski definition) is 4. The van der Waals surface area contributed by atoms with Crippen LogP contribution in [0.5, 0.6) is 0 Å². The van der Waals surface area contributed by atoms with Gasteiger partial charge in [-0.25, -0.2) is 4.98 Å². The lowest BCUT2D eigenvalue weighted by Crippen LogP contribution is -2.37. The van der Waals surface area contributed by atoms with E-state index >= 15 is 0 Å². The highest BCUT2D eigenvalue weighted by Gasteiger charge is 2.19. The minimum atomic E-state index is -0.0333. The van der Waals surface area contributed by atoms with E-state index in [1.807, 2.05) is 73.3 Å². The Kier molecular flexibility index (Phi) is 7.69. The SMILES string of the molecule is CCCCn1c(SCC(=O)N(Cc2ccccc2)C(C)C)nc2ccccc2c1=O. The van der Waals surface area contributed by atoms with Crippen LogP contribution >= 0.6 is 11.8 Å². The summed E-state index contributed by atoms with van der Waals surface area (Å²) in [6.45, 7) is 7.33. The Labute approximate surface area is 182 Å². The largest absolute Gasteiger partial charge is 0.335 e. The topological polar surface area (TPSA) is 55.2 Å². The molecule has 0 saturated carbocycles. The van der Waals surface area contributed by atoms with Gasteiger partial charge in [-0.1, -0.05) is 67.6 Å². The molecule has 0 radical (unpaired) electrons. The first-order chi connectivity index (χ1) is 14.5. The Bertz CT molecular complexity index is 1050. The summed E-state index contributed by atoms with van der Waals surface area (Å²) in [6, 6.07) is 17.5. The number of aromatic nitrogens is 2. The molecule has 1 aromatic heterocycles. The number of para-hydroxylation sites is 1. The molecule has 0 aliphatic carbocycles. The molecule has 0 fully saturated rings. The number of thioether (sulfide) groups is 1. The Morgan fingerprint density at radius 2 is 1.80 bits per heavy atom. The summed E-state index contributed by atoms with van der Waals surface area (Å²) < 4.78 is 1.72. The fourth-order valence-corrected chi connectivity index (χ4v) is 4.23. The fraction of sp³-hybridized carbons (Fsp3) is 0.375. The van der Waals surface area contributed by atoms with E-state index in [0.717, 1.165) is 18.4 Å².